The normalized spacial score (nSPS) is 17.8. The molecule has 166 valence electrons. The molecule has 3 heterocycles. The summed E-state index contributed by atoms with van der Waals surface area (Å²) in [5.74, 6) is 0.105. The molecule has 1 aliphatic rings. The zero-order chi connectivity index (χ0) is 22.2. The number of benzene rings is 1. The van der Waals surface area contributed by atoms with Crippen LogP contribution in [0.3, 0.4) is 0 Å². The molecule has 1 aliphatic heterocycles. The number of ether oxygens (including phenoxy) is 1. The van der Waals surface area contributed by atoms with Gasteiger partial charge in [-0.1, -0.05) is 22.9 Å². The molecule has 7 nitrogen and oxygen atoms in total. The topological polar surface area (TPSA) is 67.6 Å². The first kappa shape index (κ1) is 21.8. The maximum absolute atomic E-state index is 13.0. The molecule has 31 heavy (non-hydrogen) atoms. The lowest BCUT2D eigenvalue weighted by Crippen LogP contribution is -2.42. The third-order valence-electron chi connectivity index (χ3n) is 5.23. The first-order valence-electron chi connectivity index (χ1n) is 10.0. The number of likely N-dealkylation sites (N-methyl/N-ethyl adjacent to an activating group) is 1. The number of nitrogens with one attached hydrogen (secondary N) is 1. The highest BCUT2D eigenvalue weighted by atomic mass is 79.9. The van der Waals surface area contributed by atoms with Crippen molar-refractivity contribution in [3.8, 4) is 17.0 Å². The Balaban J connectivity index is 1.74. The van der Waals surface area contributed by atoms with Gasteiger partial charge >= 0.3 is 6.36 Å². The highest BCUT2D eigenvalue weighted by Crippen LogP contribution is 2.37. The minimum Gasteiger partial charge on any atom is -0.405 e. The number of hydrogen-bond acceptors (Lipinski definition) is 6. The highest BCUT2D eigenvalue weighted by Gasteiger charge is 2.33. The van der Waals surface area contributed by atoms with Crippen molar-refractivity contribution in [3.63, 3.8) is 0 Å². The molecule has 4 rings (SSSR count). The maximum Gasteiger partial charge on any atom is 0.573 e. The van der Waals surface area contributed by atoms with Crippen molar-refractivity contribution in [2.45, 2.75) is 39.1 Å². The Kier molecular flexibility index (Phi) is 6.07. The monoisotopic (exact) mass is 498 g/mol. The van der Waals surface area contributed by atoms with E-state index < -0.39 is 6.36 Å². The first-order valence-corrected chi connectivity index (χ1v) is 10.8. The molecular weight excluding hydrogens is 477 g/mol. The Labute approximate surface area is 185 Å². The van der Waals surface area contributed by atoms with E-state index in [0.29, 0.717) is 21.6 Å². The number of fused-ring (bicyclic) bond motifs is 1. The molecule has 0 spiro atoms. The van der Waals surface area contributed by atoms with E-state index in [1.807, 2.05) is 6.92 Å². The second-order valence-corrected chi connectivity index (χ2v) is 8.44. The van der Waals surface area contributed by atoms with Gasteiger partial charge in [-0.3, -0.25) is 0 Å². The summed E-state index contributed by atoms with van der Waals surface area (Å²) in [6.07, 6.45) is -2.75. The van der Waals surface area contributed by atoms with Crippen LogP contribution in [-0.2, 0) is 0 Å². The number of hydrogen-bond donors (Lipinski definition) is 1. The summed E-state index contributed by atoms with van der Waals surface area (Å²) in [5.41, 5.74) is 1.69. The smallest absolute Gasteiger partial charge is 0.405 e. The minimum absolute atomic E-state index is 0.180. The first-order chi connectivity index (χ1) is 14.7. The van der Waals surface area contributed by atoms with E-state index in [0.717, 1.165) is 32.5 Å². The van der Waals surface area contributed by atoms with Gasteiger partial charge in [-0.25, -0.2) is 0 Å². The molecule has 1 N–H and O–H groups in total. The fourth-order valence-corrected chi connectivity index (χ4v) is 4.19. The Hall–Kier alpha value is -2.40. The van der Waals surface area contributed by atoms with E-state index in [1.54, 1.807) is 16.6 Å². The van der Waals surface area contributed by atoms with E-state index >= 15 is 0 Å². The molecule has 2 aromatic heterocycles. The van der Waals surface area contributed by atoms with Crippen molar-refractivity contribution in [2.24, 2.45) is 0 Å². The summed E-state index contributed by atoms with van der Waals surface area (Å²) in [5, 5.41) is 16.4. The van der Waals surface area contributed by atoms with Gasteiger partial charge in [-0.2, -0.15) is 9.61 Å². The third-order valence-corrected chi connectivity index (χ3v) is 5.72. The number of aryl methyl sites for hydroxylation is 1. The van der Waals surface area contributed by atoms with Crippen molar-refractivity contribution in [2.75, 3.05) is 25.0 Å². The summed E-state index contributed by atoms with van der Waals surface area (Å²) in [7, 11) is 0. The number of aromatic nitrogens is 4. The standard InChI is InChI=1S/C20H22BrF3N6O/c1-3-29-8-4-5-14(11-29)25-19-27-26-18(16-9-12(2)28-30(16)19)15-7-6-13(21)10-17(15)31-20(22,23)24/h6-7,9-10,14H,3-5,8,11H2,1-2H3,(H,25,27)/t14-/m0/s1. The molecular formula is C20H22BrF3N6O. The van der Waals surface area contributed by atoms with Gasteiger partial charge in [0.25, 0.3) is 0 Å². The molecule has 1 aromatic carbocycles. The van der Waals surface area contributed by atoms with Crippen LogP contribution in [0.5, 0.6) is 5.75 Å². The van der Waals surface area contributed by atoms with Crippen molar-refractivity contribution in [3.05, 3.63) is 34.4 Å². The van der Waals surface area contributed by atoms with Crippen molar-refractivity contribution in [1.29, 1.82) is 0 Å². The third kappa shape index (κ3) is 4.93. The van der Waals surface area contributed by atoms with Crippen LogP contribution >= 0.6 is 15.9 Å². The van der Waals surface area contributed by atoms with E-state index in [1.165, 1.54) is 12.1 Å². The molecule has 1 fully saturated rings. The summed E-state index contributed by atoms with van der Waals surface area (Å²) in [4.78, 5) is 2.36. The summed E-state index contributed by atoms with van der Waals surface area (Å²) >= 11 is 3.19. The van der Waals surface area contributed by atoms with Crippen LogP contribution in [-0.4, -0.2) is 56.7 Å². The Morgan fingerprint density at radius 2 is 2.06 bits per heavy atom. The zero-order valence-corrected chi connectivity index (χ0v) is 18.7. The number of alkyl halides is 3. The van der Waals surface area contributed by atoms with E-state index in [9.17, 15) is 13.2 Å². The molecule has 11 heteroatoms. The van der Waals surface area contributed by atoms with Crippen LogP contribution in [0.4, 0.5) is 19.1 Å². The van der Waals surface area contributed by atoms with Crippen molar-refractivity contribution < 1.29 is 17.9 Å². The Bertz CT molecular complexity index is 1090. The molecule has 0 radical (unpaired) electrons. The number of halogens is 4. The lowest BCUT2D eigenvalue weighted by Gasteiger charge is -2.32. The van der Waals surface area contributed by atoms with Gasteiger partial charge in [0.15, 0.2) is 0 Å². The van der Waals surface area contributed by atoms with Gasteiger partial charge in [-0.15, -0.1) is 23.4 Å². The molecule has 0 aliphatic carbocycles. The minimum atomic E-state index is -4.83. The van der Waals surface area contributed by atoms with Crippen LogP contribution in [0.2, 0.25) is 0 Å². The Morgan fingerprint density at radius 1 is 1.26 bits per heavy atom. The number of piperidine rings is 1. The quantitative estimate of drug-likeness (QED) is 0.551. The zero-order valence-electron chi connectivity index (χ0n) is 17.1. The predicted molar refractivity (Wildman–Crippen MR) is 114 cm³/mol. The van der Waals surface area contributed by atoms with Crippen LogP contribution in [0.1, 0.15) is 25.5 Å². The molecule has 3 aromatic rings. The molecule has 0 bridgehead atoms. The van der Waals surface area contributed by atoms with Gasteiger partial charge in [0.1, 0.15) is 11.4 Å². The van der Waals surface area contributed by atoms with Crippen LogP contribution in [0.25, 0.3) is 16.8 Å². The average Bonchev–Trinajstić information content (AvgIpc) is 3.10. The summed E-state index contributed by atoms with van der Waals surface area (Å²) < 4.78 is 45.2. The predicted octanol–water partition coefficient (Wildman–Crippen LogP) is 4.66. The van der Waals surface area contributed by atoms with E-state index in [-0.39, 0.29) is 23.0 Å². The van der Waals surface area contributed by atoms with Gasteiger partial charge in [0, 0.05) is 22.6 Å². The summed E-state index contributed by atoms with van der Waals surface area (Å²) in [6, 6.07) is 6.38. The van der Waals surface area contributed by atoms with Gasteiger partial charge < -0.3 is 15.0 Å². The fourth-order valence-electron chi connectivity index (χ4n) is 3.85. The van der Waals surface area contributed by atoms with Crippen molar-refractivity contribution >= 4 is 27.4 Å². The largest absolute Gasteiger partial charge is 0.573 e. The van der Waals surface area contributed by atoms with Crippen molar-refractivity contribution in [1.82, 2.24) is 24.7 Å². The Morgan fingerprint density at radius 3 is 2.81 bits per heavy atom. The lowest BCUT2D eigenvalue weighted by atomic mass is 10.1. The summed E-state index contributed by atoms with van der Waals surface area (Å²) in [6.45, 7) is 6.88. The second kappa shape index (κ2) is 8.62. The number of likely N-dealkylation sites (tertiary alicyclic amines) is 1. The van der Waals surface area contributed by atoms with E-state index in [4.69, 9.17) is 0 Å². The van der Waals surface area contributed by atoms with E-state index in [2.05, 4.69) is 53.1 Å². The lowest BCUT2D eigenvalue weighted by molar-refractivity contribution is -0.274. The maximum atomic E-state index is 13.0. The molecule has 1 saturated heterocycles. The van der Waals surface area contributed by atoms with Crippen LogP contribution < -0.4 is 10.1 Å². The average molecular weight is 499 g/mol. The van der Waals surface area contributed by atoms with Gasteiger partial charge in [0.2, 0.25) is 5.95 Å². The van der Waals surface area contributed by atoms with Gasteiger partial charge in [0.05, 0.1) is 11.2 Å². The second-order valence-electron chi connectivity index (χ2n) is 7.52. The molecule has 0 unspecified atom stereocenters. The van der Waals surface area contributed by atoms with Crippen LogP contribution in [0.15, 0.2) is 28.7 Å². The molecule has 1 atom stereocenters. The number of rotatable bonds is 5. The fraction of sp³-hybridized carbons (Fsp3) is 0.450. The number of anilines is 1. The number of nitrogens with zero attached hydrogens (tertiary/aromatic N) is 5. The van der Waals surface area contributed by atoms with Crippen LogP contribution in [0, 0.1) is 6.92 Å². The molecule has 0 amide bonds. The SMILES string of the molecule is CCN1CCC[C@H](Nc2nnc(-c3ccc(Br)cc3OC(F)(F)F)c3cc(C)nn23)C1. The highest BCUT2D eigenvalue weighted by molar-refractivity contribution is 9.10. The molecule has 0 saturated carbocycles. The van der Waals surface area contributed by atoms with Gasteiger partial charge in [-0.05, 0) is 57.1 Å².